The topological polar surface area (TPSA) is 25.4 Å². The summed E-state index contributed by atoms with van der Waals surface area (Å²) in [6.45, 7) is 3.62. The van der Waals surface area contributed by atoms with Crippen LogP contribution >= 0.6 is 15.9 Å². The standard InChI is InChI=1S/C12H17BrN2O/c13-11-4-5-12(14-8-11)9-15-6-2-1-3-7-16-10-15/h4-5,8H,1-3,6-7,9-10H2. The van der Waals surface area contributed by atoms with Gasteiger partial charge in [-0.2, -0.15) is 0 Å². The van der Waals surface area contributed by atoms with E-state index in [1.54, 1.807) is 0 Å². The highest BCUT2D eigenvalue weighted by Gasteiger charge is 2.09. The molecule has 16 heavy (non-hydrogen) atoms. The number of halogens is 1. The van der Waals surface area contributed by atoms with Crippen LogP contribution in [0.25, 0.3) is 0 Å². The molecule has 0 unspecified atom stereocenters. The lowest BCUT2D eigenvalue weighted by Gasteiger charge is -2.23. The van der Waals surface area contributed by atoms with Gasteiger partial charge in [0.1, 0.15) is 0 Å². The quantitative estimate of drug-likeness (QED) is 0.835. The molecule has 0 aliphatic carbocycles. The highest BCUT2D eigenvalue weighted by Crippen LogP contribution is 2.11. The summed E-state index contributed by atoms with van der Waals surface area (Å²) in [6, 6.07) is 4.09. The zero-order chi connectivity index (χ0) is 11.2. The molecule has 0 atom stereocenters. The second-order valence-electron chi connectivity index (χ2n) is 4.12. The van der Waals surface area contributed by atoms with Gasteiger partial charge >= 0.3 is 0 Å². The Morgan fingerprint density at radius 1 is 1.31 bits per heavy atom. The molecule has 1 aromatic rings. The smallest absolute Gasteiger partial charge is 0.0993 e. The zero-order valence-electron chi connectivity index (χ0n) is 9.36. The van der Waals surface area contributed by atoms with Crippen LogP contribution in [0.1, 0.15) is 25.0 Å². The molecule has 0 N–H and O–H groups in total. The summed E-state index contributed by atoms with van der Waals surface area (Å²) >= 11 is 3.39. The van der Waals surface area contributed by atoms with E-state index in [9.17, 15) is 0 Å². The summed E-state index contributed by atoms with van der Waals surface area (Å²) in [5, 5.41) is 0. The van der Waals surface area contributed by atoms with Crippen molar-refractivity contribution in [3.8, 4) is 0 Å². The zero-order valence-corrected chi connectivity index (χ0v) is 10.9. The van der Waals surface area contributed by atoms with E-state index in [2.05, 4.69) is 31.9 Å². The van der Waals surface area contributed by atoms with Crippen molar-refractivity contribution < 1.29 is 4.74 Å². The molecule has 4 heteroatoms. The minimum atomic E-state index is 0.734. The Kier molecular flexibility index (Phi) is 4.75. The minimum absolute atomic E-state index is 0.734. The molecule has 2 heterocycles. The Hall–Kier alpha value is -0.450. The van der Waals surface area contributed by atoms with Gasteiger partial charge in [0.25, 0.3) is 0 Å². The van der Waals surface area contributed by atoms with Crippen molar-refractivity contribution in [1.82, 2.24) is 9.88 Å². The number of rotatable bonds is 2. The second kappa shape index (κ2) is 6.33. The lowest BCUT2D eigenvalue weighted by Crippen LogP contribution is -2.29. The normalized spacial score (nSPS) is 19.1. The Bertz CT molecular complexity index is 307. The van der Waals surface area contributed by atoms with Crippen LogP contribution in [0.15, 0.2) is 22.8 Å². The van der Waals surface area contributed by atoms with Crippen molar-refractivity contribution in [2.24, 2.45) is 0 Å². The van der Waals surface area contributed by atoms with Crippen LogP contribution in [0.5, 0.6) is 0 Å². The maximum absolute atomic E-state index is 5.57. The first kappa shape index (κ1) is 12.0. The molecule has 2 rings (SSSR count). The van der Waals surface area contributed by atoms with Crippen LogP contribution in [-0.4, -0.2) is 29.8 Å². The fraction of sp³-hybridized carbons (Fsp3) is 0.583. The predicted octanol–water partition coefficient (Wildman–Crippen LogP) is 2.80. The number of hydrogen-bond donors (Lipinski definition) is 0. The van der Waals surface area contributed by atoms with Gasteiger partial charge in [-0.25, -0.2) is 0 Å². The van der Waals surface area contributed by atoms with E-state index in [0.29, 0.717) is 0 Å². The lowest BCUT2D eigenvalue weighted by atomic mass is 10.2. The second-order valence-corrected chi connectivity index (χ2v) is 5.03. The van der Waals surface area contributed by atoms with Gasteiger partial charge in [-0.3, -0.25) is 9.88 Å². The molecule has 0 radical (unpaired) electrons. The summed E-state index contributed by atoms with van der Waals surface area (Å²) in [4.78, 5) is 6.70. The molecule has 1 fully saturated rings. The first-order valence-electron chi connectivity index (χ1n) is 5.75. The summed E-state index contributed by atoms with van der Waals surface area (Å²) in [5.41, 5.74) is 1.10. The van der Waals surface area contributed by atoms with Gasteiger partial charge in [-0.1, -0.05) is 0 Å². The van der Waals surface area contributed by atoms with E-state index >= 15 is 0 Å². The number of nitrogens with zero attached hydrogens (tertiary/aromatic N) is 2. The van der Waals surface area contributed by atoms with Crippen molar-refractivity contribution in [3.63, 3.8) is 0 Å². The Morgan fingerprint density at radius 2 is 2.25 bits per heavy atom. The molecule has 88 valence electrons. The van der Waals surface area contributed by atoms with E-state index in [4.69, 9.17) is 4.74 Å². The van der Waals surface area contributed by atoms with Crippen LogP contribution in [0.4, 0.5) is 0 Å². The predicted molar refractivity (Wildman–Crippen MR) is 67.0 cm³/mol. The molecule has 1 aromatic heterocycles. The van der Waals surface area contributed by atoms with Gasteiger partial charge in [0, 0.05) is 30.4 Å². The van der Waals surface area contributed by atoms with Crippen LogP contribution in [0.2, 0.25) is 0 Å². The van der Waals surface area contributed by atoms with E-state index < -0.39 is 0 Å². The van der Waals surface area contributed by atoms with Crippen molar-refractivity contribution >= 4 is 15.9 Å². The Balaban J connectivity index is 1.89. The number of ether oxygens (including phenoxy) is 1. The van der Waals surface area contributed by atoms with Gasteiger partial charge in [0.15, 0.2) is 0 Å². The van der Waals surface area contributed by atoms with E-state index in [1.165, 1.54) is 19.3 Å². The van der Waals surface area contributed by atoms with E-state index in [-0.39, 0.29) is 0 Å². The van der Waals surface area contributed by atoms with E-state index in [1.807, 2.05) is 12.3 Å². The van der Waals surface area contributed by atoms with Gasteiger partial charge in [0.05, 0.1) is 12.4 Å². The SMILES string of the molecule is Brc1ccc(CN2CCCCCOC2)nc1. The third kappa shape index (κ3) is 3.85. The van der Waals surface area contributed by atoms with Crippen molar-refractivity contribution in [1.29, 1.82) is 0 Å². The van der Waals surface area contributed by atoms with E-state index in [0.717, 1.165) is 36.6 Å². The third-order valence-corrected chi connectivity index (χ3v) is 3.18. The summed E-state index contributed by atoms with van der Waals surface area (Å²) in [6.07, 6.45) is 5.58. The summed E-state index contributed by atoms with van der Waals surface area (Å²) < 4.78 is 6.60. The molecule has 0 amide bonds. The number of hydrogen-bond acceptors (Lipinski definition) is 3. The van der Waals surface area contributed by atoms with Gasteiger partial charge < -0.3 is 4.74 Å². The molecule has 0 spiro atoms. The van der Waals surface area contributed by atoms with Crippen LogP contribution in [0.3, 0.4) is 0 Å². The Morgan fingerprint density at radius 3 is 3.06 bits per heavy atom. The number of aromatic nitrogens is 1. The molecule has 1 saturated heterocycles. The van der Waals surface area contributed by atoms with Crippen molar-refractivity contribution in [2.45, 2.75) is 25.8 Å². The Labute approximate surface area is 105 Å². The fourth-order valence-corrected chi connectivity index (χ4v) is 2.06. The molecule has 0 aromatic carbocycles. The fourth-order valence-electron chi connectivity index (χ4n) is 1.83. The van der Waals surface area contributed by atoms with Crippen molar-refractivity contribution in [3.05, 3.63) is 28.5 Å². The molecular formula is C12H17BrN2O. The minimum Gasteiger partial charge on any atom is -0.366 e. The highest BCUT2D eigenvalue weighted by atomic mass is 79.9. The van der Waals surface area contributed by atoms with Gasteiger partial charge in [-0.05, 0) is 47.3 Å². The van der Waals surface area contributed by atoms with Crippen LogP contribution < -0.4 is 0 Å². The average Bonchev–Trinajstić information content (AvgIpc) is 2.25. The largest absolute Gasteiger partial charge is 0.366 e. The molecule has 3 nitrogen and oxygen atoms in total. The molecule has 0 bridgehead atoms. The third-order valence-electron chi connectivity index (χ3n) is 2.71. The molecule has 0 saturated carbocycles. The molecule has 1 aliphatic rings. The first-order valence-corrected chi connectivity index (χ1v) is 6.54. The summed E-state index contributed by atoms with van der Waals surface area (Å²) in [5.74, 6) is 0. The maximum Gasteiger partial charge on any atom is 0.0993 e. The van der Waals surface area contributed by atoms with Crippen LogP contribution in [-0.2, 0) is 11.3 Å². The molecular weight excluding hydrogens is 268 g/mol. The van der Waals surface area contributed by atoms with Crippen molar-refractivity contribution in [2.75, 3.05) is 19.9 Å². The number of pyridine rings is 1. The highest BCUT2D eigenvalue weighted by molar-refractivity contribution is 9.10. The molecule has 1 aliphatic heterocycles. The lowest BCUT2D eigenvalue weighted by molar-refractivity contribution is 0.00994. The van der Waals surface area contributed by atoms with Gasteiger partial charge in [0.2, 0.25) is 0 Å². The monoisotopic (exact) mass is 284 g/mol. The summed E-state index contributed by atoms with van der Waals surface area (Å²) in [7, 11) is 0. The maximum atomic E-state index is 5.57. The van der Waals surface area contributed by atoms with Gasteiger partial charge in [-0.15, -0.1) is 0 Å². The first-order chi connectivity index (χ1) is 7.84. The van der Waals surface area contributed by atoms with Crippen LogP contribution in [0, 0.1) is 0 Å². The average molecular weight is 285 g/mol.